The maximum Gasteiger partial charge on any atom is 0.236 e. The van der Waals surface area contributed by atoms with E-state index in [4.69, 9.17) is 4.74 Å². The Morgan fingerprint density at radius 1 is 1.21 bits per heavy atom. The molecule has 0 spiro atoms. The van der Waals surface area contributed by atoms with Gasteiger partial charge in [-0.2, -0.15) is 0 Å². The predicted octanol–water partition coefficient (Wildman–Crippen LogP) is 0.918. The number of rotatable bonds is 6. The van der Waals surface area contributed by atoms with E-state index >= 15 is 0 Å². The molecule has 0 unspecified atom stereocenters. The average Bonchev–Trinajstić information content (AvgIpc) is 3.21. The molecule has 29 heavy (non-hydrogen) atoms. The third-order valence-electron chi connectivity index (χ3n) is 5.18. The fourth-order valence-electron chi connectivity index (χ4n) is 3.46. The largest absolute Gasteiger partial charge is 0.378 e. The highest BCUT2D eigenvalue weighted by Crippen LogP contribution is 2.13. The number of aryl methyl sites for hydroxylation is 1. The van der Waals surface area contributed by atoms with E-state index in [0.29, 0.717) is 32.8 Å². The first-order chi connectivity index (χ1) is 13.7. The van der Waals surface area contributed by atoms with Crippen LogP contribution in [0.2, 0.25) is 0 Å². The van der Waals surface area contributed by atoms with Gasteiger partial charge in [-0.05, 0) is 6.42 Å². The van der Waals surface area contributed by atoms with E-state index in [1.54, 1.807) is 11.3 Å². The molecule has 0 atom stereocenters. The number of nitrogens with zero attached hydrogens (tertiary/aromatic N) is 5. The van der Waals surface area contributed by atoms with Crippen molar-refractivity contribution in [3.8, 4) is 0 Å². The Morgan fingerprint density at radius 2 is 1.93 bits per heavy atom. The highest BCUT2D eigenvalue weighted by molar-refractivity contribution is 14.0. The van der Waals surface area contributed by atoms with Crippen molar-refractivity contribution < 1.29 is 9.53 Å². The number of guanidine groups is 1. The minimum atomic E-state index is 0. The summed E-state index contributed by atoms with van der Waals surface area (Å²) >= 11 is 1.79. The second kappa shape index (κ2) is 12.7. The number of halogens is 1. The third-order valence-corrected chi connectivity index (χ3v) is 6.38. The van der Waals surface area contributed by atoms with Crippen molar-refractivity contribution >= 4 is 47.2 Å². The Balaban J connectivity index is 0.00000300. The molecular formula is C19H33IN6O2S. The summed E-state index contributed by atoms with van der Waals surface area (Å²) in [5.41, 5.74) is 0. The number of ether oxygens (including phenoxy) is 1. The van der Waals surface area contributed by atoms with Crippen LogP contribution in [0.15, 0.2) is 11.2 Å². The first kappa shape index (κ1) is 24.3. The topological polar surface area (TPSA) is 73.3 Å². The van der Waals surface area contributed by atoms with Crippen molar-refractivity contribution in [1.29, 1.82) is 0 Å². The predicted molar refractivity (Wildman–Crippen MR) is 127 cm³/mol. The van der Waals surface area contributed by atoms with Gasteiger partial charge in [0.05, 0.1) is 24.8 Å². The van der Waals surface area contributed by atoms with Crippen LogP contribution >= 0.6 is 35.3 Å². The Labute approximate surface area is 194 Å². The molecule has 3 heterocycles. The zero-order valence-corrected chi connectivity index (χ0v) is 20.6. The van der Waals surface area contributed by atoms with Gasteiger partial charge in [-0.1, -0.05) is 6.92 Å². The summed E-state index contributed by atoms with van der Waals surface area (Å²) in [5.74, 6) is 1.15. The number of carbonyl (C=O) groups is 1. The van der Waals surface area contributed by atoms with E-state index in [-0.39, 0.29) is 29.9 Å². The first-order valence-corrected chi connectivity index (χ1v) is 11.0. The van der Waals surface area contributed by atoms with E-state index in [0.717, 1.165) is 51.5 Å². The van der Waals surface area contributed by atoms with Crippen molar-refractivity contribution in [3.05, 3.63) is 16.1 Å². The summed E-state index contributed by atoms with van der Waals surface area (Å²) in [4.78, 5) is 29.1. The molecule has 1 aromatic rings. The molecule has 2 fully saturated rings. The maximum atomic E-state index is 12.4. The van der Waals surface area contributed by atoms with E-state index < -0.39 is 0 Å². The van der Waals surface area contributed by atoms with Gasteiger partial charge in [0.25, 0.3) is 0 Å². The fourth-order valence-corrected chi connectivity index (χ4v) is 4.32. The molecular weight excluding hydrogens is 503 g/mol. The molecule has 10 heteroatoms. The van der Waals surface area contributed by atoms with Gasteiger partial charge in [-0.25, -0.2) is 4.98 Å². The minimum Gasteiger partial charge on any atom is -0.378 e. The molecule has 1 amide bonds. The van der Waals surface area contributed by atoms with Crippen molar-refractivity contribution in [1.82, 2.24) is 25.0 Å². The Bertz CT molecular complexity index is 657. The van der Waals surface area contributed by atoms with Crippen LogP contribution in [0.25, 0.3) is 0 Å². The van der Waals surface area contributed by atoms with Crippen molar-refractivity contribution in [2.75, 3.05) is 72.6 Å². The number of morpholine rings is 1. The van der Waals surface area contributed by atoms with Gasteiger partial charge in [0, 0.05) is 70.4 Å². The molecule has 0 saturated carbocycles. The minimum absolute atomic E-state index is 0. The SMILES string of the molecule is CCc1cnc(CCNC(=NC)N2CCN(CC(=O)N3CCOCC3)CC2)s1.I. The van der Waals surface area contributed by atoms with Crippen molar-refractivity contribution in [2.45, 2.75) is 19.8 Å². The van der Waals surface area contributed by atoms with E-state index in [1.165, 1.54) is 9.88 Å². The monoisotopic (exact) mass is 536 g/mol. The van der Waals surface area contributed by atoms with E-state index in [9.17, 15) is 4.79 Å². The third kappa shape index (κ3) is 7.34. The van der Waals surface area contributed by atoms with Crippen molar-refractivity contribution in [3.63, 3.8) is 0 Å². The second-order valence-electron chi connectivity index (χ2n) is 7.05. The van der Waals surface area contributed by atoms with Crippen LogP contribution in [-0.2, 0) is 22.4 Å². The number of hydrogen-bond donors (Lipinski definition) is 1. The number of amides is 1. The van der Waals surface area contributed by atoms with Crippen LogP contribution < -0.4 is 5.32 Å². The number of nitrogens with one attached hydrogen (secondary N) is 1. The summed E-state index contributed by atoms with van der Waals surface area (Å²) in [6.45, 7) is 9.76. The lowest BCUT2D eigenvalue weighted by Crippen LogP contribution is -2.55. The maximum absolute atomic E-state index is 12.4. The van der Waals surface area contributed by atoms with Crippen LogP contribution in [0, 0.1) is 0 Å². The summed E-state index contributed by atoms with van der Waals surface area (Å²) in [6, 6.07) is 0. The van der Waals surface area contributed by atoms with Crippen LogP contribution in [-0.4, -0.2) is 104 Å². The molecule has 0 aliphatic carbocycles. The quantitative estimate of drug-likeness (QED) is 0.331. The molecule has 0 radical (unpaired) electrons. The molecule has 0 bridgehead atoms. The lowest BCUT2D eigenvalue weighted by Gasteiger charge is -2.37. The second-order valence-corrected chi connectivity index (χ2v) is 8.25. The van der Waals surface area contributed by atoms with Crippen molar-refractivity contribution in [2.24, 2.45) is 4.99 Å². The molecule has 1 aromatic heterocycles. The molecule has 8 nitrogen and oxygen atoms in total. The highest BCUT2D eigenvalue weighted by Gasteiger charge is 2.24. The van der Waals surface area contributed by atoms with E-state index in [2.05, 4.69) is 32.0 Å². The standard InChI is InChI=1S/C19H32N6O2S.HI/c1-3-16-14-22-17(28-16)4-5-21-19(20-2)25-8-6-23(7-9-25)15-18(26)24-10-12-27-13-11-24;/h14H,3-13,15H2,1-2H3,(H,20,21);1H. The smallest absolute Gasteiger partial charge is 0.236 e. The van der Waals surface area contributed by atoms with Gasteiger partial charge in [0.1, 0.15) is 0 Å². The Morgan fingerprint density at radius 3 is 2.55 bits per heavy atom. The number of hydrogen-bond acceptors (Lipinski definition) is 6. The fraction of sp³-hybridized carbons (Fsp3) is 0.737. The molecule has 3 rings (SSSR count). The molecule has 164 valence electrons. The summed E-state index contributed by atoms with van der Waals surface area (Å²) in [7, 11) is 1.83. The lowest BCUT2D eigenvalue weighted by molar-refractivity contribution is -0.136. The zero-order chi connectivity index (χ0) is 19.8. The van der Waals surface area contributed by atoms with E-state index in [1.807, 2.05) is 18.1 Å². The van der Waals surface area contributed by atoms with Crippen LogP contribution in [0.1, 0.15) is 16.8 Å². The van der Waals surface area contributed by atoms with Gasteiger partial charge in [0.15, 0.2) is 5.96 Å². The Hall–Kier alpha value is -0.980. The number of carbonyl (C=O) groups excluding carboxylic acids is 1. The molecule has 2 saturated heterocycles. The molecule has 1 N–H and O–H groups in total. The van der Waals surface area contributed by atoms with Gasteiger partial charge >= 0.3 is 0 Å². The highest BCUT2D eigenvalue weighted by atomic mass is 127. The summed E-state index contributed by atoms with van der Waals surface area (Å²) < 4.78 is 5.32. The van der Waals surface area contributed by atoms with Gasteiger partial charge in [0.2, 0.25) is 5.91 Å². The number of piperazine rings is 1. The lowest BCUT2D eigenvalue weighted by atomic mass is 10.3. The van der Waals surface area contributed by atoms with Crippen LogP contribution in [0.4, 0.5) is 0 Å². The molecule has 2 aliphatic heterocycles. The van der Waals surface area contributed by atoms with Crippen LogP contribution in [0.5, 0.6) is 0 Å². The normalized spacial score (nSPS) is 18.5. The van der Waals surface area contributed by atoms with Crippen LogP contribution in [0.3, 0.4) is 0 Å². The zero-order valence-electron chi connectivity index (χ0n) is 17.4. The number of aromatic nitrogens is 1. The number of thiazole rings is 1. The summed E-state index contributed by atoms with van der Waals surface area (Å²) in [6.07, 6.45) is 3.94. The first-order valence-electron chi connectivity index (χ1n) is 10.2. The van der Waals surface area contributed by atoms with Gasteiger partial charge < -0.3 is 19.9 Å². The molecule has 2 aliphatic rings. The molecule has 0 aromatic carbocycles. The summed E-state index contributed by atoms with van der Waals surface area (Å²) in [5, 5.41) is 4.63. The average molecular weight is 536 g/mol. The van der Waals surface area contributed by atoms with Gasteiger partial charge in [-0.15, -0.1) is 35.3 Å². The van der Waals surface area contributed by atoms with Gasteiger partial charge in [-0.3, -0.25) is 14.7 Å². The Kier molecular flexibility index (Phi) is 10.6. The number of aliphatic imine (C=N–C) groups is 1.